The number of hydrogen-bond donors (Lipinski definition) is 2. The number of carboxylic acid groups (broad SMARTS) is 1. The number of allylic oxidation sites excluding steroid dienone is 2. The zero-order valence-corrected chi connectivity index (χ0v) is 16.9. The van der Waals surface area contributed by atoms with E-state index in [0.29, 0.717) is 22.5 Å². The second-order valence-electron chi connectivity index (χ2n) is 6.73. The van der Waals surface area contributed by atoms with Gasteiger partial charge in [0.1, 0.15) is 24.0 Å². The van der Waals surface area contributed by atoms with E-state index in [9.17, 15) is 20.0 Å². The van der Waals surface area contributed by atoms with Crippen LogP contribution in [0.5, 0.6) is 0 Å². The molecule has 8 heteroatoms. The lowest BCUT2D eigenvalue weighted by atomic mass is 9.88. The van der Waals surface area contributed by atoms with Crippen LogP contribution in [0.4, 0.5) is 9.59 Å². The number of carbonyl (C=O) groups excluding carboxylic acids is 1. The van der Waals surface area contributed by atoms with Crippen molar-refractivity contribution in [3.05, 3.63) is 94.2 Å². The van der Waals surface area contributed by atoms with Crippen molar-refractivity contribution in [1.82, 2.24) is 5.32 Å². The predicted molar refractivity (Wildman–Crippen MR) is 109 cm³/mol. The minimum atomic E-state index is -1.53. The zero-order valence-electron chi connectivity index (χ0n) is 16.9. The van der Waals surface area contributed by atoms with Crippen molar-refractivity contribution in [1.29, 1.82) is 5.26 Å². The molecule has 0 aliphatic carbocycles. The quantitative estimate of drug-likeness (QED) is 0.665. The average molecular weight is 420 g/mol. The first kappa shape index (κ1) is 21.5. The van der Waals surface area contributed by atoms with Crippen LogP contribution in [-0.2, 0) is 20.8 Å². The number of nitrogens with one attached hydrogen (secondary N) is 1. The van der Waals surface area contributed by atoms with E-state index in [1.807, 2.05) is 18.2 Å². The summed E-state index contributed by atoms with van der Waals surface area (Å²) >= 11 is 0. The summed E-state index contributed by atoms with van der Waals surface area (Å²) in [4.78, 5) is 23.7. The molecule has 0 aromatic heterocycles. The maximum Gasteiger partial charge on any atom is 0.513 e. The number of carbonyl (C=O) groups is 2. The SMILES string of the molecule is CC1=C(OC(=O)O)C(c2ccccc2C#N)C(OC(=O)OCc2ccccc2)=C(C)N1. The van der Waals surface area contributed by atoms with Crippen LogP contribution in [0.25, 0.3) is 0 Å². The van der Waals surface area contributed by atoms with E-state index in [-0.39, 0.29) is 18.1 Å². The molecule has 31 heavy (non-hydrogen) atoms. The predicted octanol–water partition coefficient (Wildman–Crippen LogP) is 4.76. The monoisotopic (exact) mass is 420 g/mol. The van der Waals surface area contributed by atoms with Crippen LogP contribution in [0.1, 0.15) is 36.5 Å². The molecule has 1 aliphatic rings. The van der Waals surface area contributed by atoms with Gasteiger partial charge in [0.05, 0.1) is 23.0 Å². The van der Waals surface area contributed by atoms with E-state index < -0.39 is 18.2 Å². The molecule has 2 aromatic carbocycles. The van der Waals surface area contributed by atoms with Gasteiger partial charge >= 0.3 is 12.3 Å². The van der Waals surface area contributed by atoms with Crippen LogP contribution in [0.2, 0.25) is 0 Å². The lowest BCUT2D eigenvalue weighted by Crippen LogP contribution is -2.29. The van der Waals surface area contributed by atoms with Crippen molar-refractivity contribution in [3.63, 3.8) is 0 Å². The van der Waals surface area contributed by atoms with E-state index in [0.717, 1.165) is 5.56 Å². The molecule has 2 aromatic rings. The van der Waals surface area contributed by atoms with Gasteiger partial charge in [-0.15, -0.1) is 0 Å². The second-order valence-corrected chi connectivity index (χ2v) is 6.73. The van der Waals surface area contributed by atoms with Crippen LogP contribution < -0.4 is 5.32 Å². The van der Waals surface area contributed by atoms with Crippen LogP contribution in [0, 0.1) is 11.3 Å². The largest absolute Gasteiger partial charge is 0.513 e. The summed E-state index contributed by atoms with van der Waals surface area (Å²) in [6.07, 6.45) is -2.49. The highest BCUT2D eigenvalue weighted by Gasteiger charge is 2.36. The van der Waals surface area contributed by atoms with Crippen molar-refractivity contribution < 1.29 is 28.9 Å². The van der Waals surface area contributed by atoms with Crippen molar-refractivity contribution in [3.8, 4) is 6.07 Å². The molecular weight excluding hydrogens is 400 g/mol. The third-order valence-electron chi connectivity index (χ3n) is 4.62. The number of nitrogens with zero attached hydrogens (tertiary/aromatic N) is 1. The van der Waals surface area contributed by atoms with Gasteiger partial charge in [-0.05, 0) is 31.0 Å². The summed E-state index contributed by atoms with van der Waals surface area (Å²) < 4.78 is 15.7. The highest BCUT2D eigenvalue weighted by Crippen LogP contribution is 2.40. The minimum absolute atomic E-state index is 0.00617. The molecule has 0 spiro atoms. The standard InChI is InChI=1S/C23H20N2O6/c1-14-20(30-22(26)27)19(18-11-7-6-10-17(18)12-24)21(15(2)25-14)31-23(28)29-13-16-8-4-3-5-9-16/h3-11,19,25H,13H2,1-2H3,(H,26,27). The van der Waals surface area contributed by atoms with E-state index in [1.165, 1.54) is 0 Å². The third kappa shape index (κ3) is 5.03. The molecule has 158 valence electrons. The van der Waals surface area contributed by atoms with E-state index in [1.54, 1.807) is 50.2 Å². The van der Waals surface area contributed by atoms with E-state index in [2.05, 4.69) is 11.4 Å². The number of dihydropyridines is 1. The lowest BCUT2D eigenvalue weighted by Gasteiger charge is -2.30. The fourth-order valence-electron chi connectivity index (χ4n) is 3.29. The Morgan fingerprint density at radius 2 is 1.61 bits per heavy atom. The van der Waals surface area contributed by atoms with Gasteiger partial charge in [-0.2, -0.15) is 5.26 Å². The van der Waals surface area contributed by atoms with Crippen LogP contribution in [0.15, 0.2) is 77.5 Å². The lowest BCUT2D eigenvalue weighted by molar-refractivity contribution is 0.0633. The van der Waals surface area contributed by atoms with Crippen LogP contribution in [-0.4, -0.2) is 17.4 Å². The normalized spacial score (nSPS) is 15.6. The summed E-state index contributed by atoms with van der Waals surface area (Å²) in [5.74, 6) is -0.841. The summed E-state index contributed by atoms with van der Waals surface area (Å²) in [5, 5.41) is 21.7. The Balaban J connectivity index is 1.94. The van der Waals surface area contributed by atoms with Gasteiger partial charge in [0.25, 0.3) is 0 Å². The fourth-order valence-corrected chi connectivity index (χ4v) is 3.29. The van der Waals surface area contributed by atoms with Crippen molar-refractivity contribution in [2.75, 3.05) is 0 Å². The summed E-state index contributed by atoms with van der Waals surface area (Å²) in [7, 11) is 0. The van der Waals surface area contributed by atoms with Crippen LogP contribution >= 0.6 is 0 Å². The van der Waals surface area contributed by atoms with E-state index >= 15 is 0 Å². The van der Waals surface area contributed by atoms with Crippen molar-refractivity contribution >= 4 is 12.3 Å². The van der Waals surface area contributed by atoms with E-state index in [4.69, 9.17) is 14.2 Å². The molecule has 0 saturated heterocycles. The number of hydrogen-bond acceptors (Lipinski definition) is 7. The van der Waals surface area contributed by atoms with Gasteiger partial charge < -0.3 is 24.6 Å². The minimum Gasteiger partial charge on any atom is -0.449 e. The van der Waals surface area contributed by atoms with Crippen LogP contribution in [0.3, 0.4) is 0 Å². The summed E-state index contributed by atoms with van der Waals surface area (Å²) in [6.45, 7) is 3.31. The maximum atomic E-state index is 12.4. The molecule has 0 radical (unpaired) electrons. The molecule has 2 N–H and O–H groups in total. The number of benzene rings is 2. The zero-order chi connectivity index (χ0) is 22.4. The Hall–Kier alpha value is -4.25. The smallest absolute Gasteiger partial charge is 0.449 e. The highest BCUT2D eigenvalue weighted by molar-refractivity contribution is 5.64. The number of nitriles is 1. The topological polar surface area (TPSA) is 118 Å². The molecule has 0 bridgehead atoms. The van der Waals surface area contributed by atoms with Gasteiger partial charge in [-0.1, -0.05) is 48.5 Å². The molecule has 1 unspecified atom stereocenters. The Morgan fingerprint density at radius 1 is 1.00 bits per heavy atom. The maximum absolute atomic E-state index is 12.4. The Bertz CT molecular complexity index is 1100. The number of rotatable bonds is 5. The van der Waals surface area contributed by atoms with Gasteiger partial charge in [-0.25, -0.2) is 9.59 Å². The highest BCUT2D eigenvalue weighted by atomic mass is 16.7. The molecule has 1 heterocycles. The Labute approximate surface area is 179 Å². The van der Waals surface area contributed by atoms with Gasteiger partial charge in [0.15, 0.2) is 0 Å². The van der Waals surface area contributed by atoms with Crippen molar-refractivity contribution in [2.24, 2.45) is 0 Å². The van der Waals surface area contributed by atoms with Gasteiger partial charge in [0.2, 0.25) is 0 Å². The summed E-state index contributed by atoms with van der Waals surface area (Å²) in [5.41, 5.74) is 2.39. The molecular formula is C23H20N2O6. The molecule has 0 fully saturated rings. The fraction of sp³-hybridized carbons (Fsp3) is 0.174. The molecule has 8 nitrogen and oxygen atoms in total. The van der Waals surface area contributed by atoms with Gasteiger partial charge in [0, 0.05) is 0 Å². The molecule has 1 aliphatic heterocycles. The average Bonchev–Trinajstić information content (AvgIpc) is 2.76. The van der Waals surface area contributed by atoms with Crippen molar-refractivity contribution in [2.45, 2.75) is 26.4 Å². The first-order valence-electron chi connectivity index (χ1n) is 9.37. The first-order valence-corrected chi connectivity index (χ1v) is 9.37. The van der Waals surface area contributed by atoms with Gasteiger partial charge in [-0.3, -0.25) is 0 Å². The Kier molecular flexibility index (Phi) is 6.58. The molecule has 3 rings (SSSR count). The molecule has 0 saturated carbocycles. The third-order valence-corrected chi connectivity index (χ3v) is 4.62. The second kappa shape index (κ2) is 9.50. The summed E-state index contributed by atoms with van der Waals surface area (Å²) in [6, 6.07) is 17.8. The first-order chi connectivity index (χ1) is 14.9. The Morgan fingerprint density at radius 3 is 2.26 bits per heavy atom. The number of ether oxygens (including phenoxy) is 3. The molecule has 1 atom stereocenters. The molecule has 0 amide bonds.